The molecule has 2 rings (SSSR count). The van der Waals surface area contributed by atoms with Crippen molar-refractivity contribution in [2.24, 2.45) is 0 Å². The van der Waals surface area contributed by atoms with Gasteiger partial charge in [-0.3, -0.25) is 4.79 Å². The van der Waals surface area contributed by atoms with Crippen molar-refractivity contribution < 1.29 is 4.79 Å². The van der Waals surface area contributed by atoms with Crippen molar-refractivity contribution in [2.45, 2.75) is 18.7 Å². The van der Waals surface area contributed by atoms with Crippen LogP contribution in [0.3, 0.4) is 0 Å². The van der Waals surface area contributed by atoms with E-state index >= 15 is 0 Å². The van der Waals surface area contributed by atoms with E-state index < -0.39 is 0 Å². The topological polar surface area (TPSA) is 42.0 Å². The van der Waals surface area contributed by atoms with Crippen LogP contribution >= 0.6 is 11.8 Å². The number of benzene rings is 1. The SMILES string of the molecule is CSc1ccc(C)c(C(=O)Nc2ncccc2C)c1. The summed E-state index contributed by atoms with van der Waals surface area (Å²) in [5.41, 5.74) is 2.61. The largest absolute Gasteiger partial charge is 0.306 e. The lowest BCUT2D eigenvalue weighted by molar-refractivity contribution is 0.102. The lowest BCUT2D eigenvalue weighted by atomic mass is 10.1. The zero-order chi connectivity index (χ0) is 13.8. The van der Waals surface area contributed by atoms with Crippen LogP contribution in [-0.4, -0.2) is 17.1 Å². The summed E-state index contributed by atoms with van der Waals surface area (Å²) in [6.45, 7) is 3.86. The van der Waals surface area contributed by atoms with Crippen LogP contribution < -0.4 is 5.32 Å². The van der Waals surface area contributed by atoms with Gasteiger partial charge in [0.15, 0.2) is 0 Å². The average molecular weight is 272 g/mol. The molecule has 1 aromatic carbocycles. The van der Waals surface area contributed by atoms with E-state index in [1.54, 1.807) is 18.0 Å². The number of aromatic nitrogens is 1. The molecule has 0 atom stereocenters. The Kier molecular flexibility index (Phi) is 4.22. The fourth-order valence-corrected chi connectivity index (χ4v) is 2.20. The first-order valence-corrected chi connectivity index (χ1v) is 7.22. The monoisotopic (exact) mass is 272 g/mol. The van der Waals surface area contributed by atoms with Crippen molar-refractivity contribution in [1.29, 1.82) is 0 Å². The Balaban J connectivity index is 2.28. The molecule has 3 nitrogen and oxygen atoms in total. The van der Waals surface area contributed by atoms with Gasteiger partial charge in [0.05, 0.1) is 0 Å². The molecule has 0 unspecified atom stereocenters. The van der Waals surface area contributed by atoms with E-state index in [1.165, 1.54) is 0 Å². The molecule has 0 aliphatic rings. The molecule has 98 valence electrons. The zero-order valence-corrected chi connectivity index (χ0v) is 12.0. The highest BCUT2D eigenvalue weighted by Gasteiger charge is 2.11. The first kappa shape index (κ1) is 13.6. The summed E-state index contributed by atoms with van der Waals surface area (Å²) in [5, 5.41) is 2.86. The van der Waals surface area contributed by atoms with Crippen molar-refractivity contribution in [1.82, 2.24) is 4.98 Å². The van der Waals surface area contributed by atoms with Gasteiger partial charge in [0.2, 0.25) is 0 Å². The van der Waals surface area contributed by atoms with Crippen LogP contribution in [0.1, 0.15) is 21.5 Å². The predicted molar refractivity (Wildman–Crippen MR) is 79.9 cm³/mol. The zero-order valence-electron chi connectivity index (χ0n) is 11.2. The van der Waals surface area contributed by atoms with Crippen molar-refractivity contribution in [2.75, 3.05) is 11.6 Å². The minimum absolute atomic E-state index is 0.116. The number of pyridine rings is 1. The second-order valence-electron chi connectivity index (χ2n) is 4.30. The Morgan fingerprint density at radius 3 is 2.68 bits per heavy atom. The van der Waals surface area contributed by atoms with E-state index in [0.717, 1.165) is 16.0 Å². The fourth-order valence-electron chi connectivity index (χ4n) is 1.76. The van der Waals surface area contributed by atoms with Gasteiger partial charge in [-0.15, -0.1) is 11.8 Å². The normalized spacial score (nSPS) is 10.3. The van der Waals surface area contributed by atoms with Crippen LogP contribution in [0, 0.1) is 13.8 Å². The molecular weight excluding hydrogens is 256 g/mol. The summed E-state index contributed by atoms with van der Waals surface area (Å²) >= 11 is 1.62. The standard InChI is InChI=1S/C15H16N2OS/c1-10-6-7-12(19-3)9-13(10)15(18)17-14-11(2)5-4-8-16-14/h4-9H,1-3H3,(H,16,17,18). The summed E-state index contributed by atoms with van der Waals surface area (Å²) in [7, 11) is 0. The number of rotatable bonds is 3. The molecule has 1 heterocycles. The molecule has 4 heteroatoms. The molecule has 1 amide bonds. The van der Waals surface area contributed by atoms with Gasteiger partial charge in [-0.2, -0.15) is 0 Å². The minimum Gasteiger partial charge on any atom is -0.306 e. The van der Waals surface area contributed by atoms with E-state index in [0.29, 0.717) is 11.4 Å². The van der Waals surface area contributed by atoms with E-state index in [-0.39, 0.29) is 5.91 Å². The summed E-state index contributed by atoms with van der Waals surface area (Å²) in [6, 6.07) is 9.67. The number of carbonyl (C=O) groups excluding carboxylic acids is 1. The minimum atomic E-state index is -0.116. The average Bonchev–Trinajstić information content (AvgIpc) is 2.42. The first-order chi connectivity index (χ1) is 9.11. The fraction of sp³-hybridized carbons (Fsp3) is 0.200. The summed E-state index contributed by atoms with van der Waals surface area (Å²) in [5.74, 6) is 0.497. The first-order valence-electron chi connectivity index (χ1n) is 5.99. The molecule has 0 spiro atoms. The molecule has 0 saturated carbocycles. The molecule has 0 aliphatic carbocycles. The van der Waals surface area contributed by atoms with E-state index in [1.807, 2.05) is 50.4 Å². The molecule has 0 bridgehead atoms. The van der Waals surface area contributed by atoms with Crippen LogP contribution in [0.2, 0.25) is 0 Å². The quantitative estimate of drug-likeness (QED) is 0.867. The molecule has 1 N–H and O–H groups in total. The maximum Gasteiger partial charge on any atom is 0.257 e. The van der Waals surface area contributed by atoms with E-state index in [2.05, 4.69) is 10.3 Å². The highest BCUT2D eigenvalue weighted by molar-refractivity contribution is 7.98. The summed E-state index contributed by atoms with van der Waals surface area (Å²) < 4.78 is 0. The Morgan fingerprint density at radius 2 is 2.00 bits per heavy atom. The third kappa shape index (κ3) is 3.15. The van der Waals surface area contributed by atoms with Crippen LogP contribution in [0.15, 0.2) is 41.4 Å². The molecule has 19 heavy (non-hydrogen) atoms. The van der Waals surface area contributed by atoms with Gasteiger partial charge < -0.3 is 5.32 Å². The van der Waals surface area contributed by atoms with E-state index in [9.17, 15) is 4.79 Å². The number of aryl methyl sites for hydroxylation is 2. The van der Waals surface area contributed by atoms with Crippen LogP contribution in [0.25, 0.3) is 0 Å². The van der Waals surface area contributed by atoms with Crippen LogP contribution in [0.5, 0.6) is 0 Å². The van der Waals surface area contributed by atoms with Crippen LogP contribution in [-0.2, 0) is 0 Å². The van der Waals surface area contributed by atoms with Gasteiger partial charge in [0, 0.05) is 16.7 Å². The van der Waals surface area contributed by atoms with Crippen LogP contribution in [0.4, 0.5) is 5.82 Å². The van der Waals surface area contributed by atoms with Gasteiger partial charge >= 0.3 is 0 Å². The van der Waals surface area contributed by atoms with Gasteiger partial charge in [-0.05, 0) is 49.4 Å². The second-order valence-corrected chi connectivity index (χ2v) is 5.18. The Bertz CT molecular complexity index is 611. The third-order valence-corrected chi connectivity index (χ3v) is 3.66. The lowest BCUT2D eigenvalue weighted by Crippen LogP contribution is -2.15. The Labute approximate surface area is 117 Å². The highest BCUT2D eigenvalue weighted by atomic mass is 32.2. The lowest BCUT2D eigenvalue weighted by Gasteiger charge is -2.10. The number of carbonyl (C=O) groups is 1. The molecule has 2 aromatic rings. The molecule has 0 aliphatic heterocycles. The molecule has 0 saturated heterocycles. The van der Waals surface area contributed by atoms with Crippen molar-refractivity contribution in [3.63, 3.8) is 0 Å². The third-order valence-electron chi connectivity index (χ3n) is 2.93. The molecule has 0 fully saturated rings. The van der Waals surface area contributed by atoms with Gasteiger partial charge in [-0.25, -0.2) is 4.98 Å². The molecule has 1 aromatic heterocycles. The van der Waals surface area contributed by atoms with Crippen molar-refractivity contribution in [3.8, 4) is 0 Å². The number of nitrogens with zero attached hydrogens (tertiary/aromatic N) is 1. The van der Waals surface area contributed by atoms with Crippen molar-refractivity contribution >= 4 is 23.5 Å². The maximum atomic E-state index is 12.3. The highest BCUT2D eigenvalue weighted by Crippen LogP contribution is 2.20. The summed E-state index contributed by atoms with van der Waals surface area (Å²) in [6.07, 6.45) is 3.67. The number of anilines is 1. The summed E-state index contributed by atoms with van der Waals surface area (Å²) in [4.78, 5) is 17.6. The number of nitrogens with one attached hydrogen (secondary N) is 1. The number of hydrogen-bond donors (Lipinski definition) is 1. The second kappa shape index (κ2) is 5.89. The number of amides is 1. The molecular formula is C15H16N2OS. The predicted octanol–water partition coefficient (Wildman–Crippen LogP) is 3.67. The molecule has 0 radical (unpaired) electrons. The number of thioether (sulfide) groups is 1. The van der Waals surface area contributed by atoms with E-state index in [4.69, 9.17) is 0 Å². The Morgan fingerprint density at radius 1 is 1.21 bits per heavy atom. The number of hydrogen-bond acceptors (Lipinski definition) is 3. The van der Waals surface area contributed by atoms with Crippen molar-refractivity contribution in [3.05, 3.63) is 53.2 Å². The van der Waals surface area contributed by atoms with Gasteiger partial charge in [-0.1, -0.05) is 12.1 Å². The van der Waals surface area contributed by atoms with Gasteiger partial charge in [0.1, 0.15) is 5.82 Å². The van der Waals surface area contributed by atoms with Gasteiger partial charge in [0.25, 0.3) is 5.91 Å². The maximum absolute atomic E-state index is 12.3. The Hall–Kier alpha value is -1.81. The smallest absolute Gasteiger partial charge is 0.257 e.